The molecular weight excluding hydrogens is 434 g/mol. The number of imide groups is 1. The average molecular weight is 462 g/mol. The Balaban J connectivity index is 1.58. The van der Waals surface area contributed by atoms with E-state index in [4.69, 9.17) is 9.15 Å². The van der Waals surface area contributed by atoms with E-state index >= 15 is 0 Å². The van der Waals surface area contributed by atoms with Crippen molar-refractivity contribution in [2.75, 3.05) is 6.54 Å². The number of amides is 2. The number of carbonyl (C=O) groups excluding carboxylic acids is 3. The summed E-state index contributed by atoms with van der Waals surface area (Å²) in [4.78, 5) is 51.2. The molecule has 2 aromatic carbocycles. The van der Waals surface area contributed by atoms with Gasteiger partial charge < -0.3 is 9.15 Å². The molecule has 2 heterocycles. The lowest BCUT2D eigenvalue weighted by molar-refractivity contribution is 0.0473. The molecule has 2 amide bonds. The van der Waals surface area contributed by atoms with Crippen molar-refractivity contribution in [2.24, 2.45) is 0 Å². The van der Waals surface area contributed by atoms with Crippen molar-refractivity contribution in [1.82, 2.24) is 4.90 Å². The van der Waals surface area contributed by atoms with Crippen LogP contribution in [0.2, 0.25) is 0 Å². The number of nitrogens with zero attached hydrogens (tertiary/aromatic N) is 1. The van der Waals surface area contributed by atoms with Gasteiger partial charge >= 0.3 is 11.6 Å². The van der Waals surface area contributed by atoms with Gasteiger partial charge in [0.15, 0.2) is 0 Å². The van der Waals surface area contributed by atoms with E-state index in [9.17, 15) is 19.2 Å². The van der Waals surface area contributed by atoms with E-state index in [0.29, 0.717) is 28.6 Å². The monoisotopic (exact) mass is 461 g/mol. The molecule has 0 saturated carbocycles. The summed E-state index contributed by atoms with van der Waals surface area (Å²) in [5, 5.41) is 0.711. The molecule has 7 heteroatoms. The Morgan fingerprint density at radius 1 is 1.03 bits per heavy atom. The zero-order chi connectivity index (χ0) is 24.6. The Morgan fingerprint density at radius 3 is 2.47 bits per heavy atom. The lowest BCUT2D eigenvalue weighted by Crippen LogP contribution is -2.30. The van der Waals surface area contributed by atoms with Gasteiger partial charge in [0, 0.05) is 23.6 Å². The summed E-state index contributed by atoms with van der Waals surface area (Å²) in [6.07, 6.45) is 1.58. The summed E-state index contributed by atoms with van der Waals surface area (Å²) in [6.45, 7) is 8.33. The molecule has 0 radical (unpaired) electrons. The molecule has 0 unspecified atom stereocenters. The first-order chi connectivity index (χ1) is 16.2. The molecule has 4 rings (SSSR count). The summed E-state index contributed by atoms with van der Waals surface area (Å²) < 4.78 is 10.8. The van der Waals surface area contributed by atoms with E-state index in [-0.39, 0.29) is 29.6 Å². The molecule has 0 fully saturated rings. The van der Waals surface area contributed by atoms with Crippen LogP contribution in [-0.4, -0.2) is 29.2 Å². The van der Waals surface area contributed by atoms with Crippen molar-refractivity contribution in [3.05, 3.63) is 80.2 Å². The maximum atomic E-state index is 12.8. The van der Waals surface area contributed by atoms with Gasteiger partial charge in [-0.25, -0.2) is 9.59 Å². The fourth-order valence-electron chi connectivity index (χ4n) is 4.30. The minimum atomic E-state index is -0.646. The minimum Gasteiger partial charge on any atom is -0.457 e. The summed E-state index contributed by atoms with van der Waals surface area (Å²) >= 11 is 0. The predicted octanol–water partition coefficient (Wildman–Crippen LogP) is 4.98. The topological polar surface area (TPSA) is 93.9 Å². The Morgan fingerprint density at radius 2 is 1.76 bits per heavy atom. The number of benzene rings is 2. The predicted molar refractivity (Wildman–Crippen MR) is 127 cm³/mol. The molecule has 7 nitrogen and oxygen atoms in total. The van der Waals surface area contributed by atoms with Crippen LogP contribution in [0, 0.1) is 6.92 Å². The van der Waals surface area contributed by atoms with Gasteiger partial charge in [-0.3, -0.25) is 14.5 Å². The first kappa shape index (κ1) is 23.4. The third kappa shape index (κ3) is 4.25. The highest BCUT2D eigenvalue weighted by Crippen LogP contribution is 2.28. The van der Waals surface area contributed by atoms with Gasteiger partial charge in [-0.1, -0.05) is 27.2 Å². The molecule has 3 aromatic rings. The molecule has 1 aromatic heterocycles. The second kappa shape index (κ2) is 9.25. The van der Waals surface area contributed by atoms with Gasteiger partial charge in [0.2, 0.25) is 0 Å². The van der Waals surface area contributed by atoms with Crippen LogP contribution in [0.4, 0.5) is 0 Å². The molecule has 176 valence electrons. The summed E-state index contributed by atoms with van der Waals surface area (Å²) in [6, 6.07) is 9.49. The van der Waals surface area contributed by atoms with E-state index in [1.165, 1.54) is 29.2 Å². The normalized spacial score (nSPS) is 13.1. The van der Waals surface area contributed by atoms with Crippen molar-refractivity contribution in [2.45, 2.75) is 53.1 Å². The number of rotatable bonds is 7. The molecule has 0 aliphatic carbocycles. The van der Waals surface area contributed by atoms with Gasteiger partial charge in [-0.05, 0) is 60.7 Å². The van der Waals surface area contributed by atoms with Gasteiger partial charge in [0.25, 0.3) is 11.8 Å². The first-order valence-corrected chi connectivity index (χ1v) is 11.5. The van der Waals surface area contributed by atoms with Crippen LogP contribution < -0.4 is 5.63 Å². The molecule has 34 heavy (non-hydrogen) atoms. The van der Waals surface area contributed by atoms with Crippen LogP contribution in [-0.2, 0) is 11.3 Å². The number of carbonyl (C=O) groups is 3. The third-order valence-corrected chi connectivity index (χ3v) is 6.14. The smallest absolute Gasteiger partial charge is 0.338 e. The molecule has 1 aliphatic heterocycles. The van der Waals surface area contributed by atoms with E-state index in [1.54, 1.807) is 0 Å². The number of hydrogen-bond donors (Lipinski definition) is 0. The zero-order valence-electron chi connectivity index (χ0n) is 19.8. The van der Waals surface area contributed by atoms with E-state index in [0.717, 1.165) is 24.0 Å². The Bertz CT molecular complexity index is 1370. The zero-order valence-corrected chi connectivity index (χ0v) is 19.8. The molecule has 0 saturated heterocycles. The van der Waals surface area contributed by atoms with Crippen molar-refractivity contribution in [1.29, 1.82) is 0 Å². The molecule has 0 atom stereocenters. The second-order valence-corrected chi connectivity index (χ2v) is 8.90. The first-order valence-electron chi connectivity index (χ1n) is 11.5. The van der Waals surface area contributed by atoms with Crippen LogP contribution in [0.3, 0.4) is 0 Å². The standard InChI is InChI=1S/C27H27NO6/c1-5-6-9-28-25(30)19-8-7-17(11-22(19)26(28)31)27(32)33-14-18-12-24(29)34-23-10-16(4)20(15(2)3)13-21(18)23/h7-8,10-13,15H,5-6,9,14H2,1-4H3. The maximum absolute atomic E-state index is 12.8. The third-order valence-electron chi connectivity index (χ3n) is 6.14. The van der Waals surface area contributed by atoms with E-state index in [1.807, 2.05) is 26.0 Å². The Labute approximate surface area is 197 Å². The van der Waals surface area contributed by atoms with Crippen LogP contribution in [0.15, 0.2) is 45.6 Å². The largest absolute Gasteiger partial charge is 0.457 e. The van der Waals surface area contributed by atoms with Gasteiger partial charge in [-0.2, -0.15) is 0 Å². The number of aryl methyl sites for hydroxylation is 1. The van der Waals surface area contributed by atoms with Crippen molar-refractivity contribution < 1.29 is 23.5 Å². The molecule has 0 bridgehead atoms. The Kier molecular flexibility index (Phi) is 6.37. The lowest BCUT2D eigenvalue weighted by Gasteiger charge is -2.13. The number of esters is 1. The highest BCUT2D eigenvalue weighted by atomic mass is 16.5. The number of ether oxygens (including phenoxy) is 1. The van der Waals surface area contributed by atoms with Crippen molar-refractivity contribution in [3.8, 4) is 0 Å². The summed E-state index contributed by atoms with van der Waals surface area (Å²) in [5.74, 6) is -1.11. The van der Waals surface area contributed by atoms with Crippen molar-refractivity contribution in [3.63, 3.8) is 0 Å². The Hall–Kier alpha value is -3.74. The lowest BCUT2D eigenvalue weighted by atomic mass is 9.95. The number of fused-ring (bicyclic) bond motifs is 2. The molecule has 1 aliphatic rings. The quantitative estimate of drug-likeness (QED) is 0.280. The fourth-order valence-corrected chi connectivity index (χ4v) is 4.30. The SMILES string of the molecule is CCCCN1C(=O)c2ccc(C(=O)OCc3cc(=O)oc4cc(C)c(C(C)C)cc34)cc2C1=O. The maximum Gasteiger partial charge on any atom is 0.338 e. The average Bonchev–Trinajstić information content (AvgIpc) is 3.04. The number of hydrogen-bond acceptors (Lipinski definition) is 6. The van der Waals surface area contributed by atoms with Gasteiger partial charge in [0.1, 0.15) is 12.2 Å². The summed E-state index contributed by atoms with van der Waals surface area (Å²) in [5.41, 5.74) is 3.26. The highest BCUT2D eigenvalue weighted by molar-refractivity contribution is 6.21. The van der Waals surface area contributed by atoms with Crippen LogP contribution in [0.5, 0.6) is 0 Å². The number of unbranched alkanes of at least 4 members (excludes halogenated alkanes) is 1. The fraction of sp³-hybridized carbons (Fsp3) is 0.333. The molecule has 0 spiro atoms. The van der Waals surface area contributed by atoms with E-state index < -0.39 is 17.5 Å². The molecular formula is C27H27NO6. The van der Waals surface area contributed by atoms with Gasteiger partial charge in [0.05, 0.1) is 16.7 Å². The second-order valence-electron chi connectivity index (χ2n) is 8.90. The van der Waals surface area contributed by atoms with E-state index in [2.05, 4.69) is 13.8 Å². The molecule has 0 N–H and O–H groups in total. The van der Waals surface area contributed by atoms with Crippen molar-refractivity contribution >= 4 is 28.8 Å². The van der Waals surface area contributed by atoms with Crippen LogP contribution in [0.1, 0.15) is 87.3 Å². The summed E-state index contributed by atoms with van der Waals surface area (Å²) in [7, 11) is 0. The minimum absolute atomic E-state index is 0.131. The highest BCUT2D eigenvalue weighted by Gasteiger charge is 2.35. The van der Waals surface area contributed by atoms with Crippen LogP contribution in [0.25, 0.3) is 11.0 Å². The van der Waals surface area contributed by atoms with Crippen LogP contribution >= 0.6 is 0 Å². The van der Waals surface area contributed by atoms with Gasteiger partial charge in [-0.15, -0.1) is 0 Å².